The van der Waals surface area contributed by atoms with Gasteiger partial charge in [0.25, 0.3) is 0 Å². The van der Waals surface area contributed by atoms with Crippen LogP contribution in [0.5, 0.6) is 0 Å². The van der Waals surface area contributed by atoms with Gasteiger partial charge >= 0.3 is 0 Å². The summed E-state index contributed by atoms with van der Waals surface area (Å²) in [6, 6.07) is 0.231. The number of ether oxygens (including phenoxy) is 2. The number of nitrogens with zero attached hydrogens (tertiary/aromatic N) is 1. The van der Waals surface area contributed by atoms with Crippen molar-refractivity contribution < 1.29 is 14.3 Å². The van der Waals surface area contributed by atoms with E-state index in [2.05, 4.69) is 19.2 Å². The lowest BCUT2D eigenvalue weighted by Crippen LogP contribution is -2.48. The molecule has 0 aliphatic carbocycles. The Balaban J connectivity index is 2.29. The van der Waals surface area contributed by atoms with Gasteiger partial charge in [0.15, 0.2) is 0 Å². The van der Waals surface area contributed by atoms with Crippen molar-refractivity contribution in [2.45, 2.75) is 26.8 Å². The maximum atomic E-state index is 12.0. The molecule has 0 saturated carbocycles. The maximum Gasteiger partial charge on any atom is 0.236 e. The monoisotopic (exact) mass is 258 g/mol. The normalized spacial score (nSPS) is 18.1. The summed E-state index contributed by atoms with van der Waals surface area (Å²) in [5.41, 5.74) is 0. The van der Waals surface area contributed by atoms with Crippen LogP contribution in [0.15, 0.2) is 0 Å². The maximum absolute atomic E-state index is 12.0. The first-order valence-corrected chi connectivity index (χ1v) is 6.81. The van der Waals surface area contributed by atoms with E-state index in [9.17, 15) is 4.79 Å². The highest BCUT2D eigenvalue weighted by atomic mass is 16.5. The summed E-state index contributed by atoms with van der Waals surface area (Å²) < 4.78 is 10.7. The van der Waals surface area contributed by atoms with E-state index in [0.717, 1.165) is 0 Å². The summed E-state index contributed by atoms with van der Waals surface area (Å²) >= 11 is 0. The first kappa shape index (κ1) is 15.4. The number of hydrogen-bond donors (Lipinski definition) is 1. The molecule has 1 unspecified atom stereocenters. The van der Waals surface area contributed by atoms with E-state index in [0.29, 0.717) is 52.0 Å². The number of amides is 1. The van der Waals surface area contributed by atoms with Crippen molar-refractivity contribution in [3.8, 4) is 0 Å². The number of carbonyl (C=O) groups is 1. The molecular weight excluding hydrogens is 232 g/mol. The van der Waals surface area contributed by atoms with Crippen LogP contribution in [-0.4, -0.2) is 62.9 Å². The molecule has 0 aromatic carbocycles. The van der Waals surface area contributed by atoms with Gasteiger partial charge in [0.05, 0.1) is 26.4 Å². The summed E-state index contributed by atoms with van der Waals surface area (Å²) in [7, 11) is 0. The van der Waals surface area contributed by atoms with Crippen molar-refractivity contribution in [1.82, 2.24) is 10.2 Å². The largest absolute Gasteiger partial charge is 0.380 e. The first-order chi connectivity index (χ1) is 8.65. The fraction of sp³-hybridized carbons (Fsp3) is 0.923. The third kappa shape index (κ3) is 5.33. The molecule has 1 N–H and O–H groups in total. The number of morpholine rings is 1. The molecule has 106 valence electrons. The average Bonchev–Trinajstić information content (AvgIpc) is 2.39. The van der Waals surface area contributed by atoms with E-state index in [-0.39, 0.29) is 11.9 Å². The van der Waals surface area contributed by atoms with E-state index in [1.807, 2.05) is 11.8 Å². The number of nitrogens with one attached hydrogen (secondary N) is 1. The van der Waals surface area contributed by atoms with E-state index < -0.39 is 0 Å². The zero-order valence-electron chi connectivity index (χ0n) is 11.8. The minimum Gasteiger partial charge on any atom is -0.380 e. The van der Waals surface area contributed by atoms with Gasteiger partial charge in [0.2, 0.25) is 5.91 Å². The zero-order valence-corrected chi connectivity index (χ0v) is 11.8. The average molecular weight is 258 g/mol. The highest BCUT2D eigenvalue weighted by molar-refractivity contribution is 5.78. The van der Waals surface area contributed by atoms with E-state index in [1.165, 1.54) is 0 Å². The molecule has 0 aromatic heterocycles. The number of rotatable bonds is 7. The Morgan fingerprint density at radius 3 is 2.61 bits per heavy atom. The minimum absolute atomic E-state index is 0.153. The van der Waals surface area contributed by atoms with Gasteiger partial charge in [-0.15, -0.1) is 0 Å². The smallest absolute Gasteiger partial charge is 0.236 e. The molecule has 1 atom stereocenters. The van der Waals surface area contributed by atoms with Crippen LogP contribution in [0, 0.1) is 5.92 Å². The standard InChI is InChI=1S/C13H26N2O3/c1-4-17-10-12(11(2)3)14-9-13(16)15-5-7-18-8-6-15/h11-12,14H,4-10H2,1-3H3. The third-order valence-corrected chi connectivity index (χ3v) is 3.19. The van der Waals surface area contributed by atoms with Gasteiger partial charge in [0.1, 0.15) is 0 Å². The fourth-order valence-corrected chi connectivity index (χ4v) is 1.87. The van der Waals surface area contributed by atoms with Crippen molar-refractivity contribution in [3.05, 3.63) is 0 Å². The Bertz CT molecular complexity index is 240. The van der Waals surface area contributed by atoms with Crippen molar-refractivity contribution in [3.63, 3.8) is 0 Å². The van der Waals surface area contributed by atoms with Gasteiger partial charge < -0.3 is 19.7 Å². The molecule has 18 heavy (non-hydrogen) atoms. The second kappa shape index (κ2) is 8.45. The van der Waals surface area contributed by atoms with Gasteiger partial charge in [-0.05, 0) is 12.8 Å². The molecule has 1 aliphatic heterocycles. The van der Waals surface area contributed by atoms with Crippen LogP contribution >= 0.6 is 0 Å². The van der Waals surface area contributed by atoms with Crippen molar-refractivity contribution in [2.75, 3.05) is 46.1 Å². The Kier molecular flexibility index (Phi) is 7.23. The first-order valence-electron chi connectivity index (χ1n) is 6.81. The molecule has 5 heteroatoms. The Morgan fingerprint density at radius 1 is 1.39 bits per heavy atom. The molecular formula is C13H26N2O3. The highest BCUT2D eigenvalue weighted by Gasteiger charge is 2.19. The second-order valence-corrected chi connectivity index (χ2v) is 4.88. The third-order valence-electron chi connectivity index (χ3n) is 3.19. The SMILES string of the molecule is CCOCC(NCC(=O)N1CCOCC1)C(C)C. The quantitative estimate of drug-likeness (QED) is 0.722. The zero-order chi connectivity index (χ0) is 13.4. The molecule has 1 saturated heterocycles. The molecule has 1 aliphatic rings. The minimum atomic E-state index is 0.153. The predicted molar refractivity (Wildman–Crippen MR) is 70.5 cm³/mol. The molecule has 1 amide bonds. The van der Waals surface area contributed by atoms with E-state index in [4.69, 9.17) is 9.47 Å². The molecule has 5 nitrogen and oxygen atoms in total. The lowest BCUT2D eigenvalue weighted by molar-refractivity contribution is -0.134. The molecule has 1 heterocycles. The molecule has 1 rings (SSSR count). The molecule has 0 radical (unpaired) electrons. The topological polar surface area (TPSA) is 50.8 Å². The molecule has 0 spiro atoms. The van der Waals surface area contributed by atoms with E-state index in [1.54, 1.807) is 0 Å². The predicted octanol–water partition coefficient (Wildman–Crippen LogP) is 0.496. The second-order valence-electron chi connectivity index (χ2n) is 4.88. The lowest BCUT2D eigenvalue weighted by Gasteiger charge is -2.28. The Hall–Kier alpha value is -0.650. The van der Waals surface area contributed by atoms with Crippen molar-refractivity contribution in [1.29, 1.82) is 0 Å². The Labute approximate surface area is 110 Å². The van der Waals surface area contributed by atoms with Gasteiger partial charge in [0, 0.05) is 25.7 Å². The van der Waals surface area contributed by atoms with Crippen molar-refractivity contribution >= 4 is 5.91 Å². The van der Waals surface area contributed by atoms with Crippen LogP contribution in [0.2, 0.25) is 0 Å². The van der Waals surface area contributed by atoms with Crippen LogP contribution < -0.4 is 5.32 Å². The van der Waals surface area contributed by atoms with Gasteiger partial charge in [-0.1, -0.05) is 13.8 Å². The molecule has 0 bridgehead atoms. The summed E-state index contributed by atoms with van der Waals surface area (Å²) in [5.74, 6) is 0.606. The number of hydrogen-bond acceptors (Lipinski definition) is 4. The van der Waals surface area contributed by atoms with Crippen molar-refractivity contribution in [2.24, 2.45) is 5.92 Å². The lowest BCUT2D eigenvalue weighted by atomic mass is 10.1. The fourth-order valence-electron chi connectivity index (χ4n) is 1.87. The summed E-state index contributed by atoms with van der Waals surface area (Å²) in [6.07, 6.45) is 0. The summed E-state index contributed by atoms with van der Waals surface area (Å²) in [5, 5.41) is 3.29. The van der Waals surface area contributed by atoms with Gasteiger partial charge in [-0.2, -0.15) is 0 Å². The van der Waals surface area contributed by atoms with Crippen LogP contribution in [0.4, 0.5) is 0 Å². The number of carbonyl (C=O) groups excluding carboxylic acids is 1. The van der Waals surface area contributed by atoms with Gasteiger partial charge in [-0.25, -0.2) is 0 Å². The van der Waals surface area contributed by atoms with Crippen LogP contribution in [0.25, 0.3) is 0 Å². The molecule has 1 fully saturated rings. The summed E-state index contributed by atoms with van der Waals surface area (Å²) in [6.45, 7) is 10.7. The summed E-state index contributed by atoms with van der Waals surface area (Å²) in [4.78, 5) is 13.8. The van der Waals surface area contributed by atoms with Gasteiger partial charge in [-0.3, -0.25) is 4.79 Å². The Morgan fingerprint density at radius 2 is 2.06 bits per heavy atom. The molecule has 0 aromatic rings. The van der Waals surface area contributed by atoms with Crippen LogP contribution in [-0.2, 0) is 14.3 Å². The van der Waals surface area contributed by atoms with E-state index >= 15 is 0 Å². The highest BCUT2D eigenvalue weighted by Crippen LogP contribution is 2.03. The van der Waals surface area contributed by atoms with Crippen LogP contribution in [0.3, 0.4) is 0 Å². The van der Waals surface area contributed by atoms with Crippen LogP contribution in [0.1, 0.15) is 20.8 Å².